The second-order valence-corrected chi connectivity index (χ2v) is 2.73. The zero-order valence-corrected chi connectivity index (χ0v) is 7.24. The lowest BCUT2D eigenvalue weighted by Gasteiger charge is -2.04. The summed E-state index contributed by atoms with van der Waals surface area (Å²) < 4.78 is 13.2. The van der Waals surface area contributed by atoms with Crippen LogP contribution >= 0.6 is 0 Å². The first-order valence-electron chi connectivity index (χ1n) is 3.71. The van der Waals surface area contributed by atoms with E-state index in [0.717, 1.165) is 6.07 Å². The van der Waals surface area contributed by atoms with Gasteiger partial charge < -0.3 is 10.2 Å². The Morgan fingerprint density at radius 3 is 2.21 bits per heavy atom. The van der Waals surface area contributed by atoms with E-state index < -0.39 is 28.9 Å². The van der Waals surface area contributed by atoms with Gasteiger partial charge in [0.15, 0.2) is 0 Å². The number of hydrogen-bond donors (Lipinski definition) is 2. The molecule has 0 aliphatic heterocycles. The average molecular weight is 198 g/mol. The molecule has 1 rings (SSSR count). The lowest BCUT2D eigenvalue weighted by molar-refractivity contribution is 0.0647. The van der Waals surface area contributed by atoms with Crippen LogP contribution in [0.15, 0.2) is 12.1 Å². The number of carboxylic acid groups (broad SMARTS) is 2. The van der Waals surface area contributed by atoms with Gasteiger partial charge in [-0.15, -0.1) is 0 Å². The van der Waals surface area contributed by atoms with Crippen LogP contribution in [0.25, 0.3) is 0 Å². The average Bonchev–Trinajstić information content (AvgIpc) is 2.08. The zero-order valence-electron chi connectivity index (χ0n) is 7.24. The number of aromatic carboxylic acids is 2. The predicted octanol–water partition coefficient (Wildman–Crippen LogP) is 1.53. The molecule has 0 bridgehead atoms. The largest absolute Gasteiger partial charge is 0.478 e. The van der Waals surface area contributed by atoms with Crippen LogP contribution in [0, 0.1) is 12.7 Å². The van der Waals surface area contributed by atoms with Crippen molar-refractivity contribution in [2.24, 2.45) is 0 Å². The molecule has 0 saturated heterocycles. The molecule has 0 spiro atoms. The van der Waals surface area contributed by atoms with Crippen molar-refractivity contribution in [2.75, 3.05) is 0 Å². The van der Waals surface area contributed by atoms with Gasteiger partial charge in [0.25, 0.3) is 0 Å². The quantitative estimate of drug-likeness (QED) is 0.755. The summed E-state index contributed by atoms with van der Waals surface area (Å²) in [5.41, 5.74) is -1.23. The SMILES string of the molecule is Cc1ccc(C(=O)O)c(C(=O)O)c1F. The van der Waals surface area contributed by atoms with Gasteiger partial charge in [0.1, 0.15) is 11.4 Å². The summed E-state index contributed by atoms with van der Waals surface area (Å²) in [4.78, 5) is 21.2. The number of benzene rings is 1. The Balaban J connectivity index is 3.53. The third kappa shape index (κ3) is 1.56. The molecule has 5 heteroatoms. The highest BCUT2D eigenvalue weighted by atomic mass is 19.1. The van der Waals surface area contributed by atoms with Gasteiger partial charge in [-0.2, -0.15) is 0 Å². The lowest BCUT2D eigenvalue weighted by Crippen LogP contribution is -2.11. The minimum absolute atomic E-state index is 0.104. The number of rotatable bonds is 2. The topological polar surface area (TPSA) is 74.6 Å². The molecule has 0 atom stereocenters. The molecule has 1 aromatic rings. The van der Waals surface area contributed by atoms with Crippen molar-refractivity contribution in [3.8, 4) is 0 Å². The van der Waals surface area contributed by atoms with E-state index >= 15 is 0 Å². The Labute approximate surface area is 78.6 Å². The number of hydrogen-bond acceptors (Lipinski definition) is 2. The maximum Gasteiger partial charge on any atom is 0.339 e. The maximum atomic E-state index is 13.2. The first-order valence-corrected chi connectivity index (χ1v) is 3.71. The van der Waals surface area contributed by atoms with Crippen LogP contribution in [0.2, 0.25) is 0 Å². The molecule has 0 radical (unpaired) electrons. The number of halogens is 1. The van der Waals surface area contributed by atoms with Crippen LogP contribution in [-0.4, -0.2) is 22.2 Å². The molecule has 0 heterocycles. The summed E-state index contributed by atoms with van der Waals surface area (Å²) in [5.74, 6) is -4.04. The predicted molar refractivity (Wildman–Crippen MR) is 45.1 cm³/mol. The van der Waals surface area contributed by atoms with Crippen molar-refractivity contribution in [1.82, 2.24) is 0 Å². The van der Waals surface area contributed by atoms with E-state index in [1.807, 2.05) is 0 Å². The fourth-order valence-corrected chi connectivity index (χ4v) is 1.07. The highest BCUT2D eigenvalue weighted by Gasteiger charge is 2.21. The highest BCUT2D eigenvalue weighted by molar-refractivity contribution is 6.02. The highest BCUT2D eigenvalue weighted by Crippen LogP contribution is 2.17. The van der Waals surface area contributed by atoms with Gasteiger partial charge in [0.2, 0.25) is 0 Å². The monoisotopic (exact) mass is 198 g/mol. The van der Waals surface area contributed by atoms with E-state index in [1.165, 1.54) is 13.0 Å². The van der Waals surface area contributed by atoms with E-state index in [4.69, 9.17) is 10.2 Å². The number of carbonyl (C=O) groups is 2. The minimum atomic E-state index is -1.58. The zero-order chi connectivity index (χ0) is 10.9. The number of carboxylic acids is 2. The van der Waals surface area contributed by atoms with Crippen molar-refractivity contribution in [3.05, 3.63) is 34.6 Å². The molecular weight excluding hydrogens is 191 g/mol. The molecule has 0 aromatic heterocycles. The summed E-state index contributed by atoms with van der Waals surface area (Å²) in [7, 11) is 0. The fraction of sp³-hybridized carbons (Fsp3) is 0.111. The van der Waals surface area contributed by atoms with Gasteiger partial charge in [-0.1, -0.05) is 6.07 Å². The Bertz CT molecular complexity index is 412. The van der Waals surface area contributed by atoms with Crippen molar-refractivity contribution >= 4 is 11.9 Å². The molecule has 74 valence electrons. The molecule has 0 aliphatic rings. The van der Waals surface area contributed by atoms with E-state index in [-0.39, 0.29) is 5.56 Å². The van der Waals surface area contributed by atoms with Crippen LogP contribution < -0.4 is 0 Å². The molecule has 2 N–H and O–H groups in total. The lowest BCUT2D eigenvalue weighted by atomic mass is 10.0. The third-order valence-electron chi connectivity index (χ3n) is 1.78. The van der Waals surface area contributed by atoms with Crippen LogP contribution in [0.3, 0.4) is 0 Å². The molecule has 0 amide bonds. The van der Waals surface area contributed by atoms with Crippen LogP contribution in [0.1, 0.15) is 26.3 Å². The first kappa shape index (κ1) is 10.2. The fourth-order valence-electron chi connectivity index (χ4n) is 1.07. The summed E-state index contributed by atoms with van der Waals surface area (Å²) >= 11 is 0. The van der Waals surface area contributed by atoms with E-state index in [2.05, 4.69) is 0 Å². The second kappa shape index (κ2) is 3.45. The Morgan fingerprint density at radius 2 is 1.79 bits per heavy atom. The third-order valence-corrected chi connectivity index (χ3v) is 1.78. The Hall–Kier alpha value is -1.91. The summed E-state index contributed by atoms with van der Waals surface area (Å²) in [5, 5.41) is 17.2. The van der Waals surface area contributed by atoms with Gasteiger partial charge in [-0.05, 0) is 18.6 Å². The van der Waals surface area contributed by atoms with Crippen LogP contribution in [0.5, 0.6) is 0 Å². The standard InChI is InChI=1S/C9H7FO4/c1-4-2-3-5(8(11)12)6(7(4)10)9(13)14/h2-3H,1H3,(H,11,12)(H,13,14). The molecule has 1 aromatic carbocycles. The van der Waals surface area contributed by atoms with Gasteiger partial charge >= 0.3 is 11.9 Å². The van der Waals surface area contributed by atoms with Gasteiger partial charge in [-0.25, -0.2) is 14.0 Å². The molecule has 0 aliphatic carbocycles. The van der Waals surface area contributed by atoms with Gasteiger partial charge in [0.05, 0.1) is 5.56 Å². The molecule has 0 saturated carbocycles. The minimum Gasteiger partial charge on any atom is -0.478 e. The van der Waals surface area contributed by atoms with E-state index in [1.54, 1.807) is 0 Å². The van der Waals surface area contributed by atoms with Gasteiger partial charge in [0, 0.05) is 0 Å². The van der Waals surface area contributed by atoms with Crippen LogP contribution in [0.4, 0.5) is 4.39 Å². The smallest absolute Gasteiger partial charge is 0.339 e. The number of aryl methyl sites for hydroxylation is 1. The summed E-state index contributed by atoms with van der Waals surface area (Å²) in [6.45, 7) is 1.37. The van der Waals surface area contributed by atoms with E-state index in [9.17, 15) is 14.0 Å². The second-order valence-electron chi connectivity index (χ2n) is 2.73. The molecular formula is C9H7FO4. The van der Waals surface area contributed by atoms with Gasteiger partial charge in [-0.3, -0.25) is 0 Å². The molecule has 4 nitrogen and oxygen atoms in total. The van der Waals surface area contributed by atoms with Crippen molar-refractivity contribution in [3.63, 3.8) is 0 Å². The summed E-state index contributed by atoms with van der Waals surface area (Å²) in [6, 6.07) is 2.30. The molecule has 0 unspecified atom stereocenters. The maximum absolute atomic E-state index is 13.2. The van der Waals surface area contributed by atoms with Crippen molar-refractivity contribution < 1.29 is 24.2 Å². The van der Waals surface area contributed by atoms with E-state index in [0.29, 0.717) is 0 Å². The van der Waals surface area contributed by atoms with Crippen LogP contribution in [-0.2, 0) is 0 Å². The first-order chi connectivity index (χ1) is 6.45. The Morgan fingerprint density at radius 1 is 1.21 bits per heavy atom. The normalized spacial score (nSPS) is 9.86. The Kier molecular flexibility index (Phi) is 2.51. The summed E-state index contributed by atoms with van der Waals surface area (Å²) in [6.07, 6.45) is 0. The van der Waals surface area contributed by atoms with Crippen molar-refractivity contribution in [2.45, 2.75) is 6.92 Å². The molecule has 0 fully saturated rings. The molecule has 14 heavy (non-hydrogen) atoms. The van der Waals surface area contributed by atoms with Crippen molar-refractivity contribution in [1.29, 1.82) is 0 Å².